The third-order valence-electron chi connectivity index (χ3n) is 3.87. The van der Waals surface area contributed by atoms with E-state index in [1.54, 1.807) is 24.4 Å². The Morgan fingerprint density at radius 2 is 2.14 bits per heavy atom. The Labute approximate surface area is 123 Å². The van der Waals surface area contributed by atoms with Crippen molar-refractivity contribution in [3.8, 4) is 0 Å². The van der Waals surface area contributed by atoms with Crippen molar-refractivity contribution in [3.05, 3.63) is 22.4 Å². The van der Waals surface area contributed by atoms with Crippen molar-refractivity contribution in [2.75, 3.05) is 13.1 Å². The maximum absolute atomic E-state index is 13.1. The van der Waals surface area contributed by atoms with Gasteiger partial charge in [0.15, 0.2) is 5.41 Å². The van der Waals surface area contributed by atoms with E-state index < -0.39 is 42.4 Å². The summed E-state index contributed by atoms with van der Waals surface area (Å²) < 4.78 is 39.2. The summed E-state index contributed by atoms with van der Waals surface area (Å²) in [7, 11) is 0. The van der Waals surface area contributed by atoms with Gasteiger partial charge < -0.3 is 10.0 Å². The van der Waals surface area contributed by atoms with Crippen LogP contribution in [0.15, 0.2) is 17.5 Å². The number of aliphatic carboxylic acids is 1. The fourth-order valence-electron chi connectivity index (χ4n) is 2.46. The number of rotatable bonds is 3. The lowest BCUT2D eigenvalue weighted by atomic mass is 9.86. The number of halogens is 3. The molecule has 2 rings (SSSR count). The van der Waals surface area contributed by atoms with Gasteiger partial charge in [-0.05, 0) is 24.8 Å². The van der Waals surface area contributed by atoms with Crippen molar-refractivity contribution in [2.45, 2.75) is 25.4 Å². The largest absolute Gasteiger partial charge is 0.481 e. The summed E-state index contributed by atoms with van der Waals surface area (Å²) in [4.78, 5) is 25.1. The van der Waals surface area contributed by atoms with Crippen molar-refractivity contribution in [1.29, 1.82) is 0 Å². The van der Waals surface area contributed by atoms with Gasteiger partial charge in [0.1, 0.15) is 0 Å². The molecule has 2 heterocycles. The zero-order valence-electron chi connectivity index (χ0n) is 11.2. The van der Waals surface area contributed by atoms with Crippen LogP contribution in [0.2, 0.25) is 0 Å². The predicted molar refractivity (Wildman–Crippen MR) is 70.1 cm³/mol. The molecule has 0 bridgehead atoms. The molecule has 1 N–H and O–H groups in total. The molecule has 8 heteroatoms. The van der Waals surface area contributed by atoms with Gasteiger partial charge >= 0.3 is 12.1 Å². The lowest BCUT2D eigenvalue weighted by Crippen LogP contribution is -2.48. The van der Waals surface area contributed by atoms with Crippen molar-refractivity contribution in [3.63, 3.8) is 0 Å². The molecule has 1 aliphatic heterocycles. The Kier molecular flexibility index (Phi) is 4.01. The quantitative estimate of drug-likeness (QED) is 0.931. The molecule has 21 heavy (non-hydrogen) atoms. The standard InChI is InChI=1S/C13H14F3NO3S/c1-8(9-3-2-6-21-9)10(18)17-5-4-12(7-17,11(19)20)13(14,15)16/h2-3,6,8H,4-5,7H2,1H3,(H,19,20). The van der Waals surface area contributed by atoms with Crippen molar-refractivity contribution in [2.24, 2.45) is 5.41 Å². The second-order valence-corrected chi connectivity index (χ2v) is 6.11. The summed E-state index contributed by atoms with van der Waals surface area (Å²) in [5.41, 5.74) is -2.85. The van der Waals surface area contributed by atoms with E-state index in [9.17, 15) is 22.8 Å². The van der Waals surface area contributed by atoms with E-state index in [1.165, 1.54) is 11.3 Å². The predicted octanol–water partition coefficient (Wildman–Crippen LogP) is 2.72. The first-order valence-corrected chi connectivity index (χ1v) is 7.19. The third-order valence-corrected chi connectivity index (χ3v) is 4.93. The number of hydrogen-bond donors (Lipinski definition) is 1. The first-order chi connectivity index (χ1) is 9.69. The van der Waals surface area contributed by atoms with Gasteiger partial charge in [-0.25, -0.2) is 0 Å². The second-order valence-electron chi connectivity index (χ2n) is 5.13. The van der Waals surface area contributed by atoms with E-state index in [4.69, 9.17) is 5.11 Å². The van der Waals surface area contributed by atoms with E-state index in [-0.39, 0.29) is 6.54 Å². The first-order valence-electron chi connectivity index (χ1n) is 6.31. The third kappa shape index (κ3) is 2.64. The number of hydrogen-bond acceptors (Lipinski definition) is 3. The molecular weight excluding hydrogens is 307 g/mol. The number of alkyl halides is 3. The number of amides is 1. The van der Waals surface area contributed by atoms with E-state index >= 15 is 0 Å². The Balaban J connectivity index is 2.18. The Morgan fingerprint density at radius 1 is 1.48 bits per heavy atom. The van der Waals surface area contributed by atoms with Gasteiger partial charge in [-0.3, -0.25) is 9.59 Å². The molecule has 1 aromatic rings. The molecule has 1 amide bonds. The highest BCUT2D eigenvalue weighted by molar-refractivity contribution is 7.10. The summed E-state index contributed by atoms with van der Waals surface area (Å²) in [6.07, 6.45) is -5.48. The summed E-state index contributed by atoms with van der Waals surface area (Å²) in [5.74, 6) is -2.96. The van der Waals surface area contributed by atoms with Crippen LogP contribution in [0, 0.1) is 5.41 Å². The highest BCUT2D eigenvalue weighted by atomic mass is 32.1. The van der Waals surface area contributed by atoms with Crippen LogP contribution in [-0.4, -0.2) is 41.1 Å². The van der Waals surface area contributed by atoms with Gasteiger partial charge in [-0.2, -0.15) is 13.2 Å². The topological polar surface area (TPSA) is 57.6 Å². The molecule has 1 fully saturated rings. The number of thiophene rings is 1. The van der Waals surface area contributed by atoms with Crippen LogP contribution in [0.3, 0.4) is 0 Å². The van der Waals surface area contributed by atoms with Crippen LogP contribution in [-0.2, 0) is 9.59 Å². The Bertz CT molecular complexity index is 543. The Morgan fingerprint density at radius 3 is 2.57 bits per heavy atom. The minimum absolute atomic E-state index is 0.194. The van der Waals surface area contributed by atoms with Gasteiger partial charge in [-0.1, -0.05) is 6.07 Å². The second kappa shape index (κ2) is 5.32. The highest BCUT2D eigenvalue weighted by Gasteiger charge is 2.64. The summed E-state index contributed by atoms with van der Waals surface area (Å²) in [6, 6.07) is 3.49. The smallest absolute Gasteiger partial charge is 0.406 e. The van der Waals surface area contributed by atoms with Gasteiger partial charge in [0, 0.05) is 18.0 Å². The molecule has 1 saturated heterocycles. The van der Waals surface area contributed by atoms with Crippen molar-refractivity contribution in [1.82, 2.24) is 4.90 Å². The van der Waals surface area contributed by atoms with Crippen LogP contribution in [0.4, 0.5) is 13.2 Å². The molecule has 2 unspecified atom stereocenters. The molecule has 0 radical (unpaired) electrons. The lowest BCUT2D eigenvalue weighted by molar-refractivity contribution is -0.227. The molecule has 2 atom stereocenters. The van der Waals surface area contributed by atoms with Crippen LogP contribution < -0.4 is 0 Å². The number of carboxylic acid groups (broad SMARTS) is 1. The van der Waals surface area contributed by atoms with Gasteiger partial charge in [0.25, 0.3) is 0 Å². The fourth-order valence-corrected chi connectivity index (χ4v) is 3.23. The van der Waals surface area contributed by atoms with Crippen LogP contribution in [0.25, 0.3) is 0 Å². The Hall–Kier alpha value is -1.57. The molecule has 0 saturated carbocycles. The van der Waals surface area contributed by atoms with Crippen LogP contribution in [0.1, 0.15) is 24.1 Å². The zero-order valence-corrected chi connectivity index (χ0v) is 12.0. The number of nitrogens with zero attached hydrogens (tertiary/aromatic N) is 1. The minimum atomic E-state index is -4.87. The van der Waals surface area contributed by atoms with E-state index in [0.29, 0.717) is 0 Å². The molecular formula is C13H14F3NO3S. The average molecular weight is 321 g/mol. The van der Waals surface area contributed by atoms with Crippen molar-refractivity contribution < 1.29 is 27.9 Å². The molecule has 4 nitrogen and oxygen atoms in total. The number of carbonyl (C=O) groups excluding carboxylic acids is 1. The number of carbonyl (C=O) groups is 2. The molecule has 0 spiro atoms. The first kappa shape index (κ1) is 15.8. The van der Waals surface area contributed by atoms with Gasteiger partial charge in [-0.15, -0.1) is 11.3 Å². The van der Waals surface area contributed by atoms with Gasteiger partial charge in [0.05, 0.1) is 5.92 Å². The minimum Gasteiger partial charge on any atom is -0.481 e. The zero-order chi connectivity index (χ0) is 15.8. The van der Waals surface area contributed by atoms with Crippen molar-refractivity contribution >= 4 is 23.2 Å². The van der Waals surface area contributed by atoms with E-state index in [2.05, 4.69) is 0 Å². The maximum Gasteiger partial charge on any atom is 0.406 e. The number of likely N-dealkylation sites (tertiary alicyclic amines) is 1. The molecule has 0 aromatic carbocycles. The monoisotopic (exact) mass is 321 g/mol. The SMILES string of the molecule is CC(C(=O)N1CCC(C(=O)O)(C(F)(F)F)C1)c1cccs1. The van der Waals surface area contributed by atoms with E-state index in [0.717, 1.165) is 9.78 Å². The summed E-state index contributed by atoms with van der Waals surface area (Å²) in [6.45, 7) is 0.600. The highest BCUT2D eigenvalue weighted by Crippen LogP contribution is 2.46. The summed E-state index contributed by atoms with van der Waals surface area (Å²) >= 11 is 1.34. The molecule has 1 aliphatic rings. The maximum atomic E-state index is 13.1. The summed E-state index contributed by atoms with van der Waals surface area (Å²) in [5, 5.41) is 10.7. The van der Waals surface area contributed by atoms with Gasteiger partial charge in [0.2, 0.25) is 5.91 Å². The molecule has 116 valence electrons. The fraction of sp³-hybridized carbons (Fsp3) is 0.538. The van der Waals surface area contributed by atoms with Crippen LogP contribution >= 0.6 is 11.3 Å². The molecule has 1 aromatic heterocycles. The average Bonchev–Trinajstić information content (AvgIpc) is 3.05. The lowest BCUT2D eigenvalue weighted by Gasteiger charge is -2.27. The van der Waals surface area contributed by atoms with Crippen LogP contribution in [0.5, 0.6) is 0 Å². The number of carboxylic acids is 1. The normalized spacial score (nSPS) is 24.1. The molecule has 0 aliphatic carbocycles. The van der Waals surface area contributed by atoms with E-state index in [1.807, 2.05) is 0 Å².